The highest BCUT2D eigenvalue weighted by molar-refractivity contribution is 5.92. The van der Waals surface area contributed by atoms with Crippen LogP contribution in [0.15, 0.2) is 12.1 Å². The fourth-order valence-corrected chi connectivity index (χ4v) is 1.43. The topological polar surface area (TPSA) is 87.1 Å². The number of amides is 1. The molecule has 0 aliphatic heterocycles. The van der Waals surface area contributed by atoms with E-state index in [1.165, 1.54) is 0 Å². The van der Waals surface area contributed by atoms with Crippen LogP contribution in [0.5, 0.6) is 0 Å². The molecular formula is C12H20N4O2. The summed E-state index contributed by atoms with van der Waals surface area (Å²) in [6.45, 7) is 3.45. The molecule has 6 nitrogen and oxygen atoms in total. The van der Waals surface area contributed by atoms with Crippen LogP contribution in [-0.2, 0) is 0 Å². The van der Waals surface area contributed by atoms with Crippen LogP contribution in [0.25, 0.3) is 0 Å². The van der Waals surface area contributed by atoms with Gasteiger partial charge in [0, 0.05) is 19.7 Å². The highest BCUT2D eigenvalue weighted by Crippen LogP contribution is 2.03. The van der Waals surface area contributed by atoms with Crippen LogP contribution in [0.2, 0.25) is 0 Å². The largest absolute Gasteiger partial charge is 0.396 e. The summed E-state index contributed by atoms with van der Waals surface area (Å²) in [5.74, 6) is 0.451. The van der Waals surface area contributed by atoms with Gasteiger partial charge in [-0.25, -0.2) is 0 Å². The average molecular weight is 252 g/mol. The summed E-state index contributed by atoms with van der Waals surface area (Å²) in [6.07, 6.45) is 2.78. The molecular weight excluding hydrogens is 232 g/mol. The number of nitrogens with one attached hydrogen (secondary N) is 2. The van der Waals surface area contributed by atoms with Gasteiger partial charge in [0.05, 0.1) is 0 Å². The summed E-state index contributed by atoms with van der Waals surface area (Å²) in [7, 11) is 0. The predicted molar refractivity (Wildman–Crippen MR) is 69.5 cm³/mol. The van der Waals surface area contributed by atoms with Crippen LogP contribution < -0.4 is 10.6 Å². The van der Waals surface area contributed by atoms with E-state index < -0.39 is 0 Å². The number of unbranched alkanes of at least 4 members (excludes halogenated alkanes) is 2. The van der Waals surface area contributed by atoms with Crippen molar-refractivity contribution in [3.05, 3.63) is 17.8 Å². The second-order valence-corrected chi connectivity index (χ2v) is 3.87. The monoisotopic (exact) mass is 252 g/mol. The van der Waals surface area contributed by atoms with Crippen LogP contribution in [0.1, 0.15) is 36.7 Å². The summed E-state index contributed by atoms with van der Waals surface area (Å²) in [4.78, 5) is 11.4. The second-order valence-electron chi connectivity index (χ2n) is 3.87. The van der Waals surface area contributed by atoms with Gasteiger partial charge in [0.15, 0.2) is 5.69 Å². The van der Waals surface area contributed by atoms with Gasteiger partial charge in [-0.15, -0.1) is 10.2 Å². The Morgan fingerprint density at radius 1 is 1.28 bits per heavy atom. The molecule has 1 aromatic heterocycles. The lowest BCUT2D eigenvalue weighted by Crippen LogP contribution is -2.24. The van der Waals surface area contributed by atoms with E-state index in [4.69, 9.17) is 5.11 Å². The number of anilines is 1. The number of rotatable bonds is 8. The first-order valence-electron chi connectivity index (χ1n) is 6.24. The van der Waals surface area contributed by atoms with E-state index in [9.17, 15) is 4.79 Å². The van der Waals surface area contributed by atoms with Gasteiger partial charge in [0.2, 0.25) is 0 Å². The first kappa shape index (κ1) is 14.4. The molecule has 1 heterocycles. The predicted octanol–water partition coefficient (Wildman–Crippen LogP) is 0.801. The molecule has 0 aliphatic rings. The minimum atomic E-state index is -0.209. The van der Waals surface area contributed by atoms with E-state index in [2.05, 4.69) is 20.8 Å². The van der Waals surface area contributed by atoms with Gasteiger partial charge in [-0.3, -0.25) is 4.79 Å². The summed E-state index contributed by atoms with van der Waals surface area (Å²) in [5, 5.41) is 22.2. The highest BCUT2D eigenvalue weighted by atomic mass is 16.2. The van der Waals surface area contributed by atoms with Crippen LogP contribution in [0, 0.1) is 0 Å². The third-order valence-electron chi connectivity index (χ3n) is 2.38. The zero-order valence-corrected chi connectivity index (χ0v) is 10.6. The van der Waals surface area contributed by atoms with E-state index in [1.807, 2.05) is 6.92 Å². The van der Waals surface area contributed by atoms with E-state index >= 15 is 0 Å². The minimum absolute atomic E-state index is 0.209. The molecule has 100 valence electrons. The molecule has 0 saturated heterocycles. The third kappa shape index (κ3) is 5.09. The quantitative estimate of drug-likeness (QED) is 0.596. The molecule has 0 radical (unpaired) electrons. The molecule has 0 fully saturated rings. The number of hydrogen-bond donors (Lipinski definition) is 3. The molecule has 6 heteroatoms. The Bertz CT molecular complexity index is 354. The number of carbonyl (C=O) groups excluding carboxylic acids is 1. The normalized spacial score (nSPS) is 10.1. The first-order chi connectivity index (χ1) is 8.77. The molecule has 1 amide bonds. The summed E-state index contributed by atoms with van der Waals surface area (Å²) >= 11 is 0. The Morgan fingerprint density at radius 3 is 2.72 bits per heavy atom. The molecule has 1 rings (SSSR count). The average Bonchev–Trinajstić information content (AvgIpc) is 2.39. The van der Waals surface area contributed by atoms with Crippen molar-refractivity contribution in [3.8, 4) is 0 Å². The van der Waals surface area contributed by atoms with Crippen molar-refractivity contribution in [2.75, 3.05) is 25.0 Å². The Morgan fingerprint density at radius 2 is 2.11 bits per heavy atom. The van der Waals surface area contributed by atoms with Crippen LogP contribution in [0.3, 0.4) is 0 Å². The van der Waals surface area contributed by atoms with Gasteiger partial charge in [-0.1, -0.05) is 0 Å². The molecule has 0 unspecified atom stereocenters. The molecule has 18 heavy (non-hydrogen) atoms. The first-order valence-corrected chi connectivity index (χ1v) is 6.24. The Balaban J connectivity index is 2.33. The number of aromatic nitrogens is 2. The van der Waals surface area contributed by atoms with Gasteiger partial charge in [-0.2, -0.15) is 0 Å². The maximum atomic E-state index is 11.4. The van der Waals surface area contributed by atoms with Crippen molar-refractivity contribution in [1.82, 2.24) is 15.5 Å². The van der Waals surface area contributed by atoms with E-state index in [1.54, 1.807) is 12.1 Å². The Labute approximate surface area is 107 Å². The molecule has 1 aromatic rings. The molecule has 3 N–H and O–H groups in total. The highest BCUT2D eigenvalue weighted by Gasteiger charge is 2.05. The van der Waals surface area contributed by atoms with Crippen LogP contribution in [-0.4, -0.2) is 40.9 Å². The standard InChI is InChI=1S/C12H20N4O2/c1-2-13-12(18)10-6-7-11(16-15-10)14-8-4-3-5-9-17/h6-7,17H,2-5,8-9H2,1H3,(H,13,18)(H,14,16). The molecule has 0 saturated carbocycles. The fourth-order valence-electron chi connectivity index (χ4n) is 1.43. The lowest BCUT2D eigenvalue weighted by Gasteiger charge is -2.05. The van der Waals surface area contributed by atoms with Crippen molar-refractivity contribution >= 4 is 11.7 Å². The van der Waals surface area contributed by atoms with Crippen LogP contribution >= 0.6 is 0 Å². The number of nitrogens with zero attached hydrogens (tertiary/aromatic N) is 2. The van der Waals surface area contributed by atoms with E-state index in [0.717, 1.165) is 25.8 Å². The van der Waals surface area contributed by atoms with Crippen molar-refractivity contribution in [2.45, 2.75) is 26.2 Å². The van der Waals surface area contributed by atoms with Crippen molar-refractivity contribution in [3.63, 3.8) is 0 Å². The minimum Gasteiger partial charge on any atom is -0.396 e. The van der Waals surface area contributed by atoms with Gasteiger partial charge in [0.25, 0.3) is 5.91 Å². The van der Waals surface area contributed by atoms with Crippen molar-refractivity contribution in [2.24, 2.45) is 0 Å². The molecule has 0 atom stereocenters. The Kier molecular flexibility index (Phi) is 6.71. The van der Waals surface area contributed by atoms with Gasteiger partial charge < -0.3 is 15.7 Å². The molecule has 0 bridgehead atoms. The SMILES string of the molecule is CCNC(=O)c1ccc(NCCCCCO)nn1. The van der Waals surface area contributed by atoms with Crippen LogP contribution in [0.4, 0.5) is 5.82 Å². The smallest absolute Gasteiger partial charge is 0.271 e. The van der Waals surface area contributed by atoms with Gasteiger partial charge in [-0.05, 0) is 38.3 Å². The number of hydrogen-bond acceptors (Lipinski definition) is 5. The Hall–Kier alpha value is -1.69. The maximum absolute atomic E-state index is 11.4. The summed E-state index contributed by atoms with van der Waals surface area (Å²) in [6, 6.07) is 3.39. The number of aliphatic hydroxyl groups excluding tert-OH is 1. The van der Waals surface area contributed by atoms with E-state index in [-0.39, 0.29) is 12.5 Å². The van der Waals surface area contributed by atoms with Crippen molar-refractivity contribution in [1.29, 1.82) is 0 Å². The van der Waals surface area contributed by atoms with Gasteiger partial charge >= 0.3 is 0 Å². The molecule has 0 spiro atoms. The molecule has 0 aliphatic carbocycles. The third-order valence-corrected chi connectivity index (χ3v) is 2.38. The fraction of sp³-hybridized carbons (Fsp3) is 0.583. The second kappa shape index (κ2) is 8.41. The maximum Gasteiger partial charge on any atom is 0.271 e. The number of aliphatic hydroxyl groups is 1. The van der Waals surface area contributed by atoms with Crippen molar-refractivity contribution < 1.29 is 9.90 Å². The van der Waals surface area contributed by atoms with E-state index in [0.29, 0.717) is 18.1 Å². The number of carbonyl (C=O) groups is 1. The lowest BCUT2D eigenvalue weighted by atomic mass is 10.2. The van der Waals surface area contributed by atoms with Gasteiger partial charge in [0.1, 0.15) is 5.82 Å². The zero-order valence-electron chi connectivity index (χ0n) is 10.6. The lowest BCUT2D eigenvalue weighted by molar-refractivity contribution is 0.0950. The summed E-state index contributed by atoms with van der Waals surface area (Å²) < 4.78 is 0. The summed E-state index contributed by atoms with van der Waals surface area (Å²) in [5.41, 5.74) is 0.322. The zero-order chi connectivity index (χ0) is 13.2. The molecule has 0 aromatic carbocycles.